The van der Waals surface area contributed by atoms with Crippen molar-refractivity contribution in [1.29, 1.82) is 0 Å². The van der Waals surface area contributed by atoms with Gasteiger partial charge in [0.05, 0.1) is 11.9 Å². The fourth-order valence-electron chi connectivity index (χ4n) is 1.18. The van der Waals surface area contributed by atoms with Crippen LogP contribution in [-0.2, 0) is 4.79 Å². The summed E-state index contributed by atoms with van der Waals surface area (Å²) in [6, 6.07) is 7.63. The van der Waals surface area contributed by atoms with Crippen molar-refractivity contribution in [3.8, 4) is 0 Å². The number of aliphatic hydroxyl groups is 1. The highest BCUT2D eigenvalue weighted by Crippen LogP contribution is 2.24. The molecular weight excluding hydrogens is 302 g/mol. The lowest BCUT2D eigenvalue weighted by Crippen LogP contribution is -2.39. The van der Waals surface area contributed by atoms with Gasteiger partial charge in [-0.15, -0.1) is 11.8 Å². The summed E-state index contributed by atoms with van der Waals surface area (Å²) in [5.74, 6) is -0.0560. The Morgan fingerprint density at radius 1 is 1.41 bits per heavy atom. The summed E-state index contributed by atoms with van der Waals surface area (Å²) in [6.45, 7) is 3.59. The normalized spacial score (nSPS) is 14.1. The van der Waals surface area contributed by atoms with Crippen molar-refractivity contribution in [2.24, 2.45) is 0 Å². The lowest BCUT2D eigenvalue weighted by Gasteiger charge is -2.15. The average Bonchev–Trinajstić information content (AvgIpc) is 2.31. The first-order valence-corrected chi connectivity index (χ1v) is 7.03. The van der Waals surface area contributed by atoms with E-state index in [2.05, 4.69) is 21.2 Å². The summed E-state index contributed by atoms with van der Waals surface area (Å²) in [4.78, 5) is 12.8. The molecule has 94 valence electrons. The maximum absolute atomic E-state index is 11.7. The third-order valence-corrected chi connectivity index (χ3v) is 3.80. The summed E-state index contributed by atoms with van der Waals surface area (Å²) in [5.41, 5.74) is 0. The molecule has 0 aliphatic heterocycles. The molecule has 0 spiro atoms. The Morgan fingerprint density at radius 3 is 2.53 bits per heavy atom. The van der Waals surface area contributed by atoms with Gasteiger partial charge in [-0.1, -0.05) is 15.9 Å². The lowest BCUT2D eigenvalue weighted by molar-refractivity contribution is -0.121. The van der Waals surface area contributed by atoms with Crippen LogP contribution in [0.1, 0.15) is 13.8 Å². The van der Waals surface area contributed by atoms with Gasteiger partial charge in [0.15, 0.2) is 0 Å². The van der Waals surface area contributed by atoms with Gasteiger partial charge in [0.2, 0.25) is 5.91 Å². The SMILES string of the molecule is CC(CO)NC(=O)C(C)Sc1ccc(Br)cc1. The summed E-state index contributed by atoms with van der Waals surface area (Å²) < 4.78 is 1.02. The number of hydrogen-bond donors (Lipinski definition) is 2. The molecule has 1 aromatic rings. The molecule has 1 aromatic carbocycles. The number of halogens is 1. The number of amides is 1. The zero-order valence-electron chi connectivity index (χ0n) is 9.81. The summed E-state index contributed by atoms with van der Waals surface area (Å²) >= 11 is 4.86. The summed E-state index contributed by atoms with van der Waals surface area (Å²) in [7, 11) is 0. The quantitative estimate of drug-likeness (QED) is 0.820. The fourth-order valence-corrected chi connectivity index (χ4v) is 2.32. The van der Waals surface area contributed by atoms with Gasteiger partial charge in [0.25, 0.3) is 0 Å². The Bertz CT molecular complexity index is 369. The molecule has 0 aliphatic carbocycles. The Morgan fingerprint density at radius 2 is 2.00 bits per heavy atom. The first kappa shape index (κ1) is 14.5. The van der Waals surface area contributed by atoms with Crippen LogP contribution in [0.4, 0.5) is 0 Å². The molecule has 1 rings (SSSR count). The molecule has 0 aromatic heterocycles. The highest BCUT2D eigenvalue weighted by atomic mass is 79.9. The maximum atomic E-state index is 11.7. The first-order chi connectivity index (χ1) is 8.02. The second-order valence-corrected chi connectivity index (χ2v) is 6.14. The Kier molecular flexibility index (Phi) is 6.02. The third kappa shape index (κ3) is 5.10. The highest BCUT2D eigenvalue weighted by Gasteiger charge is 2.15. The number of aliphatic hydroxyl groups excluding tert-OH is 1. The molecule has 0 radical (unpaired) electrons. The standard InChI is InChI=1S/C12H16BrNO2S/c1-8(7-15)14-12(16)9(2)17-11-5-3-10(13)4-6-11/h3-6,8-9,15H,7H2,1-2H3,(H,14,16). The van der Waals surface area contributed by atoms with Gasteiger partial charge in [-0.3, -0.25) is 4.79 Å². The lowest BCUT2D eigenvalue weighted by atomic mass is 10.3. The second kappa shape index (κ2) is 7.03. The molecule has 0 bridgehead atoms. The van der Waals surface area contributed by atoms with Gasteiger partial charge in [0.1, 0.15) is 0 Å². The topological polar surface area (TPSA) is 49.3 Å². The van der Waals surface area contributed by atoms with Crippen LogP contribution in [-0.4, -0.2) is 28.9 Å². The van der Waals surface area contributed by atoms with Crippen LogP contribution in [0.25, 0.3) is 0 Å². The zero-order valence-corrected chi connectivity index (χ0v) is 12.2. The predicted molar refractivity (Wildman–Crippen MR) is 74.2 cm³/mol. The van der Waals surface area contributed by atoms with E-state index < -0.39 is 0 Å². The van der Waals surface area contributed by atoms with Crippen molar-refractivity contribution in [2.75, 3.05) is 6.61 Å². The second-order valence-electron chi connectivity index (χ2n) is 3.81. The molecule has 2 unspecified atom stereocenters. The van der Waals surface area contributed by atoms with Crippen LogP contribution < -0.4 is 5.32 Å². The van der Waals surface area contributed by atoms with Crippen molar-refractivity contribution in [2.45, 2.75) is 30.0 Å². The Balaban J connectivity index is 2.51. The van der Waals surface area contributed by atoms with E-state index in [1.54, 1.807) is 6.92 Å². The van der Waals surface area contributed by atoms with Crippen molar-refractivity contribution >= 4 is 33.6 Å². The van der Waals surface area contributed by atoms with Crippen molar-refractivity contribution in [3.63, 3.8) is 0 Å². The Hall–Kier alpha value is -0.520. The minimum atomic E-state index is -0.199. The van der Waals surface area contributed by atoms with E-state index in [1.807, 2.05) is 31.2 Å². The van der Waals surface area contributed by atoms with Crippen LogP contribution in [0.3, 0.4) is 0 Å². The van der Waals surface area contributed by atoms with Crippen LogP contribution >= 0.6 is 27.7 Å². The van der Waals surface area contributed by atoms with Gasteiger partial charge in [-0.05, 0) is 38.1 Å². The van der Waals surface area contributed by atoms with Crippen molar-refractivity contribution in [1.82, 2.24) is 5.32 Å². The molecule has 1 amide bonds. The summed E-state index contributed by atoms with van der Waals surface area (Å²) in [6.07, 6.45) is 0. The average molecular weight is 318 g/mol. The van der Waals surface area contributed by atoms with E-state index in [0.717, 1.165) is 9.37 Å². The minimum absolute atomic E-state index is 0.0403. The van der Waals surface area contributed by atoms with Crippen molar-refractivity contribution < 1.29 is 9.90 Å². The molecule has 0 heterocycles. The van der Waals surface area contributed by atoms with E-state index in [9.17, 15) is 4.79 Å². The van der Waals surface area contributed by atoms with E-state index in [4.69, 9.17) is 5.11 Å². The zero-order chi connectivity index (χ0) is 12.8. The number of rotatable bonds is 5. The highest BCUT2D eigenvalue weighted by molar-refractivity contribution is 9.10. The third-order valence-electron chi connectivity index (χ3n) is 2.16. The molecule has 0 fully saturated rings. The van der Waals surface area contributed by atoms with Gasteiger partial charge in [-0.2, -0.15) is 0 Å². The van der Waals surface area contributed by atoms with E-state index in [0.29, 0.717) is 0 Å². The number of benzene rings is 1. The van der Waals surface area contributed by atoms with Crippen molar-refractivity contribution in [3.05, 3.63) is 28.7 Å². The molecule has 2 atom stereocenters. The van der Waals surface area contributed by atoms with Crippen LogP contribution in [0.2, 0.25) is 0 Å². The molecule has 17 heavy (non-hydrogen) atoms. The minimum Gasteiger partial charge on any atom is -0.394 e. The van der Waals surface area contributed by atoms with Crippen LogP contribution in [0.15, 0.2) is 33.6 Å². The largest absolute Gasteiger partial charge is 0.394 e. The maximum Gasteiger partial charge on any atom is 0.233 e. The molecule has 0 saturated carbocycles. The number of carbonyl (C=O) groups excluding carboxylic acids is 1. The number of nitrogens with one attached hydrogen (secondary N) is 1. The number of carbonyl (C=O) groups is 1. The fraction of sp³-hybridized carbons (Fsp3) is 0.417. The van der Waals surface area contributed by atoms with Gasteiger partial charge in [-0.25, -0.2) is 0 Å². The van der Waals surface area contributed by atoms with Gasteiger partial charge in [0, 0.05) is 15.4 Å². The van der Waals surface area contributed by atoms with Gasteiger partial charge >= 0.3 is 0 Å². The molecule has 2 N–H and O–H groups in total. The van der Waals surface area contributed by atoms with E-state index in [-0.39, 0.29) is 23.8 Å². The summed E-state index contributed by atoms with van der Waals surface area (Å²) in [5, 5.41) is 11.4. The van der Waals surface area contributed by atoms with Gasteiger partial charge < -0.3 is 10.4 Å². The molecule has 5 heteroatoms. The smallest absolute Gasteiger partial charge is 0.233 e. The Labute approximate surface area is 114 Å². The molecule has 3 nitrogen and oxygen atoms in total. The van der Waals surface area contributed by atoms with E-state index >= 15 is 0 Å². The first-order valence-electron chi connectivity index (χ1n) is 5.36. The van der Waals surface area contributed by atoms with Crippen LogP contribution in [0.5, 0.6) is 0 Å². The monoisotopic (exact) mass is 317 g/mol. The molecular formula is C12H16BrNO2S. The molecule has 0 aliphatic rings. The number of thioether (sulfide) groups is 1. The van der Waals surface area contributed by atoms with Crippen LogP contribution in [0, 0.1) is 0 Å². The number of hydrogen-bond acceptors (Lipinski definition) is 3. The predicted octanol–water partition coefficient (Wildman–Crippen LogP) is 2.43. The van der Waals surface area contributed by atoms with E-state index in [1.165, 1.54) is 11.8 Å². The molecule has 0 saturated heterocycles.